The van der Waals surface area contributed by atoms with E-state index in [0.29, 0.717) is 23.2 Å². The quantitative estimate of drug-likeness (QED) is 0.884. The van der Waals surface area contributed by atoms with E-state index in [2.05, 4.69) is 5.32 Å². The molecule has 3 nitrogen and oxygen atoms in total. The van der Waals surface area contributed by atoms with Crippen molar-refractivity contribution >= 4 is 23.2 Å². The molecule has 1 fully saturated rings. The molecule has 0 bridgehead atoms. The predicted octanol–water partition coefficient (Wildman–Crippen LogP) is 2.96. The van der Waals surface area contributed by atoms with Crippen molar-refractivity contribution < 1.29 is 4.79 Å². The fourth-order valence-electron chi connectivity index (χ4n) is 2.63. The maximum atomic E-state index is 12.2. The van der Waals surface area contributed by atoms with Crippen LogP contribution in [0.1, 0.15) is 24.8 Å². The number of rotatable bonds is 3. The van der Waals surface area contributed by atoms with Crippen LogP contribution in [0, 0.1) is 18.8 Å². The van der Waals surface area contributed by atoms with Crippen molar-refractivity contribution in [2.45, 2.75) is 26.2 Å². The van der Waals surface area contributed by atoms with Crippen LogP contribution in [-0.2, 0) is 4.79 Å². The van der Waals surface area contributed by atoms with Gasteiger partial charge in [-0.2, -0.15) is 0 Å². The zero-order valence-corrected chi connectivity index (χ0v) is 11.3. The molecule has 0 saturated heterocycles. The average Bonchev–Trinajstić information content (AvgIpc) is 2.83. The number of halogens is 1. The highest BCUT2D eigenvalue weighted by Gasteiger charge is 2.32. The first-order valence-corrected chi connectivity index (χ1v) is 6.77. The van der Waals surface area contributed by atoms with E-state index in [1.807, 2.05) is 25.1 Å². The van der Waals surface area contributed by atoms with Gasteiger partial charge in [0.25, 0.3) is 0 Å². The molecule has 1 aliphatic rings. The van der Waals surface area contributed by atoms with Crippen LogP contribution < -0.4 is 11.1 Å². The van der Waals surface area contributed by atoms with Crippen molar-refractivity contribution in [1.82, 2.24) is 0 Å². The highest BCUT2D eigenvalue weighted by atomic mass is 35.5. The summed E-state index contributed by atoms with van der Waals surface area (Å²) in [5.74, 6) is 0.399. The third-order valence-corrected chi connectivity index (χ3v) is 4.25. The molecule has 0 radical (unpaired) electrons. The number of benzene rings is 1. The van der Waals surface area contributed by atoms with Crippen molar-refractivity contribution in [1.29, 1.82) is 0 Å². The first-order valence-electron chi connectivity index (χ1n) is 6.39. The number of nitrogens with two attached hydrogens (primary N) is 1. The normalized spacial score (nSPS) is 23.1. The number of anilines is 1. The molecule has 0 aromatic heterocycles. The van der Waals surface area contributed by atoms with Crippen molar-refractivity contribution in [3.8, 4) is 0 Å². The van der Waals surface area contributed by atoms with Gasteiger partial charge in [0.1, 0.15) is 0 Å². The summed E-state index contributed by atoms with van der Waals surface area (Å²) in [5, 5.41) is 3.55. The van der Waals surface area contributed by atoms with Crippen LogP contribution in [0.25, 0.3) is 0 Å². The molecular weight excluding hydrogens is 248 g/mol. The molecule has 0 aliphatic heterocycles. The van der Waals surface area contributed by atoms with Crippen LogP contribution in [-0.4, -0.2) is 12.5 Å². The largest absolute Gasteiger partial charge is 0.330 e. The minimum Gasteiger partial charge on any atom is -0.330 e. The second kappa shape index (κ2) is 5.72. The molecular formula is C14H19ClN2O. The standard InChI is InChI=1S/C14H19ClN2O/c1-9-4-2-7-12(13(9)15)17-14(18)11-6-3-5-10(11)8-16/h2,4,7,10-11H,3,5-6,8,16H2,1H3,(H,17,18). The minimum absolute atomic E-state index is 0.0339. The number of nitrogens with one attached hydrogen (secondary N) is 1. The van der Waals surface area contributed by atoms with E-state index >= 15 is 0 Å². The van der Waals surface area contributed by atoms with Crippen LogP contribution in [0.3, 0.4) is 0 Å². The van der Waals surface area contributed by atoms with E-state index in [0.717, 1.165) is 24.8 Å². The summed E-state index contributed by atoms with van der Waals surface area (Å²) in [5.41, 5.74) is 7.37. The lowest BCUT2D eigenvalue weighted by Gasteiger charge is -2.18. The third kappa shape index (κ3) is 2.68. The lowest BCUT2D eigenvalue weighted by Crippen LogP contribution is -2.29. The Morgan fingerprint density at radius 3 is 3.00 bits per heavy atom. The fourth-order valence-corrected chi connectivity index (χ4v) is 2.81. The summed E-state index contributed by atoms with van der Waals surface area (Å²) in [4.78, 5) is 12.2. The van der Waals surface area contributed by atoms with E-state index < -0.39 is 0 Å². The SMILES string of the molecule is Cc1cccc(NC(=O)C2CCCC2CN)c1Cl. The maximum absolute atomic E-state index is 12.2. The molecule has 1 aliphatic carbocycles. The smallest absolute Gasteiger partial charge is 0.227 e. The van der Waals surface area contributed by atoms with Crippen LogP contribution in [0.2, 0.25) is 5.02 Å². The van der Waals surface area contributed by atoms with Gasteiger partial charge in [0.05, 0.1) is 10.7 Å². The Kier molecular flexibility index (Phi) is 4.25. The van der Waals surface area contributed by atoms with Crippen LogP contribution >= 0.6 is 11.6 Å². The number of hydrogen-bond donors (Lipinski definition) is 2. The van der Waals surface area contributed by atoms with Gasteiger partial charge in [-0.25, -0.2) is 0 Å². The van der Waals surface area contributed by atoms with Gasteiger partial charge in [0, 0.05) is 5.92 Å². The van der Waals surface area contributed by atoms with Crippen molar-refractivity contribution in [3.05, 3.63) is 28.8 Å². The van der Waals surface area contributed by atoms with Gasteiger partial charge >= 0.3 is 0 Å². The minimum atomic E-state index is 0.0339. The first kappa shape index (κ1) is 13.4. The number of hydrogen-bond acceptors (Lipinski definition) is 2. The molecule has 0 spiro atoms. The second-order valence-corrected chi connectivity index (χ2v) is 5.34. The van der Waals surface area contributed by atoms with E-state index in [9.17, 15) is 4.79 Å². The van der Waals surface area contributed by atoms with Crippen LogP contribution in [0.4, 0.5) is 5.69 Å². The van der Waals surface area contributed by atoms with Crippen LogP contribution in [0.5, 0.6) is 0 Å². The first-order chi connectivity index (χ1) is 8.63. The third-order valence-electron chi connectivity index (χ3n) is 3.75. The van der Waals surface area contributed by atoms with Gasteiger partial charge in [-0.1, -0.05) is 30.2 Å². The Balaban J connectivity index is 2.09. The zero-order valence-electron chi connectivity index (χ0n) is 10.6. The summed E-state index contributed by atoms with van der Waals surface area (Å²) >= 11 is 6.17. The Morgan fingerprint density at radius 2 is 2.28 bits per heavy atom. The molecule has 4 heteroatoms. The predicted molar refractivity (Wildman–Crippen MR) is 74.7 cm³/mol. The van der Waals surface area contributed by atoms with Gasteiger partial charge in [-0.3, -0.25) is 4.79 Å². The Labute approximate surface area is 113 Å². The number of aryl methyl sites for hydroxylation is 1. The van der Waals surface area contributed by atoms with Gasteiger partial charge in [0.2, 0.25) is 5.91 Å². The monoisotopic (exact) mass is 266 g/mol. The Hall–Kier alpha value is -1.06. The molecule has 1 aromatic rings. The number of carbonyl (C=O) groups excluding carboxylic acids is 1. The number of amides is 1. The van der Waals surface area contributed by atoms with Gasteiger partial charge in [-0.15, -0.1) is 0 Å². The Morgan fingerprint density at radius 1 is 1.50 bits per heavy atom. The van der Waals surface area contributed by atoms with E-state index in [-0.39, 0.29) is 11.8 Å². The second-order valence-electron chi connectivity index (χ2n) is 4.96. The highest BCUT2D eigenvalue weighted by molar-refractivity contribution is 6.34. The molecule has 1 saturated carbocycles. The summed E-state index contributed by atoms with van der Waals surface area (Å²) in [6, 6.07) is 5.65. The molecule has 3 N–H and O–H groups in total. The zero-order chi connectivity index (χ0) is 13.1. The van der Waals surface area contributed by atoms with E-state index in [4.69, 9.17) is 17.3 Å². The molecule has 1 amide bonds. The summed E-state index contributed by atoms with van der Waals surface area (Å²) in [7, 11) is 0. The summed E-state index contributed by atoms with van der Waals surface area (Å²) in [6.07, 6.45) is 3.06. The van der Waals surface area contributed by atoms with Crippen LogP contribution in [0.15, 0.2) is 18.2 Å². The van der Waals surface area contributed by atoms with Crippen molar-refractivity contribution in [2.24, 2.45) is 17.6 Å². The lowest BCUT2D eigenvalue weighted by atomic mass is 9.95. The molecule has 2 rings (SSSR count). The maximum Gasteiger partial charge on any atom is 0.227 e. The fraction of sp³-hybridized carbons (Fsp3) is 0.500. The molecule has 2 unspecified atom stereocenters. The van der Waals surface area contributed by atoms with Gasteiger partial charge < -0.3 is 11.1 Å². The molecule has 0 heterocycles. The summed E-state index contributed by atoms with van der Waals surface area (Å²) in [6.45, 7) is 2.51. The average molecular weight is 267 g/mol. The topological polar surface area (TPSA) is 55.1 Å². The molecule has 2 atom stereocenters. The lowest BCUT2D eigenvalue weighted by molar-refractivity contribution is -0.120. The van der Waals surface area contributed by atoms with Gasteiger partial charge in [-0.05, 0) is 43.9 Å². The molecule has 1 aromatic carbocycles. The van der Waals surface area contributed by atoms with Crippen molar-refractivity contribution in [2.75, 3.05) is 11.9 Å². The van der Waals surface area contributed by atoms with Crippen molar-refractivity contribution in [3.63, 3.8) is 0 Å². The Bertz CT molecular complexity index is 447. The van der Waals surface area contributed by atoms with E-state index in [1.165, 1.54) is 0 Å². The van der Waals surface area contributed by atoms with Gasteiger partial charge in [0.15, 0.2) is 0 Å². The molecule has 18 heavy (non-hydrogen) atoms. The number of carbonyl (C=O) groups is 1. The van der Waals surface area contributed by atoms with E-state index in [1.54, 1.807) is 0 Å². The summed E-state index contributed by atoms with van der Waals surface area (Å²) < 4.78 is 0. The molecule has 98 valence electrons. The highest BCUT2D eigenvalue weighted by Crippen LogP contribution is 2.33.